The normalized spacial score (nSPS) is 14.5. The lowest BCUT2D eigenvalue weighted by molar-refractivity contribution is 0.148. The third kappa shape index (κ3) is 13.7. The Hall–Kier alpha value is -12.4. The molecule has 0 amide bonds. The molecule has 1 saturated heterocycles. The van der Waals surface area contributed by atoms with Crippen LogP contribution in [0.15, 0.2) is 315 Å². The maximum absolute atomic E-state index is 6.83. The van der Waals surface area contributed by atoms with Crippen LogP contribution in [0.3, 0.4) is 0 Å². The van der Waals surface area contributed by atoms with Crippen molar-refractivity contribution in [2.45, 2.75) is 65.4 Å². The van der Waals surface area contributed by atoms with Crippen LogP contribution in [0.25, 0.3) is 129 Å². The van der Waals surface area contributed by atoms with E-state index in [0.29, 0.717) is 26.4 Å². The highest BCUT2D eigenvalue weighted by molar-refractivity contribution is 6.27. The standard InChI is InChI=1S/C106H88N4O4/c1-11-71(59-91(23-1)111-67-87-39-35-83-31-27-75-15-5-19-79-43-47-95(87)103(83)99(75)79)63-107-51-9-52-109(65-73-13-3-25-93(61-73)113-69-89-41-37-85-33-29-77-17-7-21-81-45-49-97(89)105(85)101(77)81)57-58-110(66-74-14-4-26-94(62-74)114-70-90-42-38-86-34-30-78-18-8-22-82-46-50-98(90)106(86)102(78)82)54-10-53-108(56-55-107)64-72-12-2-24-92(60-72)112-68-88-40-36-84-32-28-76-16-6-20-80-44-48-96(88)104(84)100(76)80/h1-8,11-50,59-62H,9-10,51-58,63-70H2. The van der Waals surface area contributed by atoms with E-state index in [-0.39, 0.29) is 0 Å². The van der Waals surface area contributed by atoms with Crippen LogP contribution in [0, 0.1) is 0 Å². The zero-order valence-corrected chi connectivity index (χ0v) is 64.2. The smallest absolute Gasteiger partial charge is 0.120 e. The van der Waals surface area contributed by atoms with Gasteiger partial charge in [-0.05, 0) is 261 Å². The number of ether oxygens (including phenoxy) is 4. The summed E-state index contributed by atoms with van der Waals surface area (Å²) in [7, 11) is 0. The van der Waals surface area contributed by atoms with Crippen molar-refractivity contribution in [2.24, 2.45) is 0 Å². The van der Waals surface area contributed by atoms with E-state index in [9.17, 15) is 0 Å². The second-order valence-electron chi connectivity index (χ2n) is 31.9. The van der Waals surface area contributed by atoms with Crippen LogP contribution in [0.5, 0.6) is 23.0 Å². The third-order valence-electron chi connectivity index (χ3n) is 24.6. The van der Waals surface area contributed by atoms with E-state index in [4.69, 9.17) is 18.9 Å². The third-order valence-corrected chi connectivity index (χ3v) is 24.6. The minimum Gasteiger partial charge on any atom is -0.489 e. The molecule has 0 spiro atoms. The molecule has 114 heavy (non-hydrogen) atoms. The van der Waals surface area contributed by atoms with Crippen molar-refractivity contribution in [1.82, 2.24) is 19.6 Å². The number of rotatable bonds is 20. The highest BCUT2D eigenvalue weighted by Crippen LogP contribution is 2.42. The predicted octanol–water partition coefficient (Wildman–Crippen LogP) is 24.7. The Labute approximate surface area is 664 Å². The van der Waals surface area contributed by atoms with E-state index in [1.165, 1.54) is 174 Å². The van der Waals surface area contributed by atoms with Gasteiger partial charge in [-0.15, -0.1) is 0 Å². The second-order valence-corrected chi connectivity index (χ2v) is 31.9. The van der Waals surface area contributed by atoms with Gasteiger partial charge in [-0.2, -0.15) is 0 Å². The minimum absolute atomic E-state index is 0.483. The molecular weight excluding hydrogens is 1390 g/mol. The van der Waals surface area contributed by atoms with Gasteiger partial charge in [0, 0.05) is 52.4 Å². The molecule has 8 heteroatoms. The summed E-state index contributed by atoms with van der Waals surface area (Å²) in [6, 6.07) is 116. The van der Waals surface area contributed by atoms with Crippen LogP contribution < -0.4 is 18.9 Å². The van der Waals surface area contributed by atoms with Crippen LogP contribution in [-0.4, -0.2) is 72.0 Å². The first kappa shape index (κ1) is 69.5. The average molecular weight is 1480 g/mol. The van der Waals surface area contributed by atoms with Crippen LogP contribution in [0.4, 0.5) is 0 Å². The fraction of sp³-hybridized carbons (Fsp3) is 0.170. The van der Waals surface area contributed by atoms with Crippen molar-refractivity contribution in [2.75, 3.05) is 52.4 Å². The zero-order valence-electron chi connectivity index (χ0n) is 64.2. The summed E-state index contributed by atoms with van der Waals surface area (Å²) in [6.45, 7) is 12.4. The molecule has 1 heterocycles. The van der Waals surface area contributed by atoms with Gasteiger partial charge in [0.15, 0.2) is 0 Å². The van der Waals surface area contributed by atoms with Gasteiger partial charge in [0.05, 0.1) is 0 Å². The van der Waals surface area contributed by atoms with Gasteiger partial charge in [-0.3, -0.25) is 19.6 Å². The fourth-order valence-electron chi connectivity index (χ4n) is 19.0. The largest absolute Gasteiger partial charge is 0.489 e. The molecule has 0 aromatic heterocycles. The molecular formula is C106H88N4O4. The molecule has 0 aliphatic carbocycles. The predicted molar refractivity (Wildman–Crippen MR) is 474 cm³/mol. The molecule has 0 bridgehead atoms. The Morgan fingerprint density at radius 2 is 0.377 bits per heavy atom. The molecule has 21 rings (SSSR count). The van der Waals surface area contributed by atoms with E-state index >= 15 is 0 Å². The van der Waals surface area contributed by atoms with Crippen LogP contribution >= 0.6 is 0 Å². The van der Waals surface area contributed by atoms with E-state index in [1.54, 1.807) is 0 Å². The monoisotopic (exact) mass is 1480 g/mol. The first-order valence-electron chi connectivity index (χ1n) is 40.8. The summed E-state index contributed by atoms with van der Waals surface area (Å²) in [5.41, 5.74) is 9.77. The highest BCUT2D eigenvalue weighted by Gasteiger charge is 2.22. The first-order chi connectivity index (χ1) is 56.4. The summed E-state index contributed by atoms with van der Waals surface area (Å²) in [5, 5.41) is 30.8. The Balaban J connectivity index is 0.564. The number of hydrogen-bond acceptors (Lipinski definition) is 8. The molecule has 0 saturated carbocycles. The molecule has 0 unspecified atom stereocenters. The first-order valence-corrected chi connectivity index (χ1v) is 40.8. The maximum atomic E-state index is 6.83. The van der Waals surface area contributed by atoms with Gasteiger partial charge in [-0.1, -0.05) is 267 Å². The molecule has 0 atom stereocenters. The van der Waals surface area contributed by atoms with E-state index in [2.05, 4.69) is 335 Å². The molecule has 1 aliphatic rings. The molecule has 0 N–H and O–H groups in total. The lowest BCUT2D eigenvalue weighted by atomic mass is 9.92. The molecule has 20 aromatic rings. The van der Waals surface area contributed by atoms with Gasteiger partial charge in [0.25, 0.3) is 0 Å². The van der Waals surface area contributed by atoms with E-state index < -0.39 is 0 Å². The Bertz CT molecular complexity index is 6020. The summed E-state index contributed by atoms with van der Waals surface area (Å²) in [5.74, 6) is 3.56. The topological polar surface area (TPSA) is 49.9 Å². The fourth-order valence-corrected chi connectivity index (χ4v) is 19.0. The summed E-state index contributed by atoms with van der Waals surface area (Å²) >= 11 is 0. The second kappa shape index (κ2) is 30.3. The molecule has 20 aromatic carbocycles. The van der Waals surface area contributed by atoms with Crippen molar-refractivity contribution in [3.63, 3.8) is 0 Å². The number of hydrogen-bond donors (Lipinski definition) is 0. The van der Waals surface area contributed by atoms with Crippen molar-refractivity contribution in [3.8, 4) is 23.0 Å². The Morgan fingerprint density at radius 3 is 0.605 bits per heavy atom. The van der Waals surface area contributed by atoms with Crippen molar-refractivity contribution < 1.29 is 18.9 Å². The Kier molecular flexibility index (Phi) is 18.5. The van der Waals surface area contributed by atoms with Gasteiger partial charge < -0.3 is 18.9 Å². The zero-order chi connectivity index (χ0) is 75.4. The van der Waals surface area contributed by atoms with Gasteiger partial charge >= 0.3 is 0 Å². The SMILES string of the molecule is c1cc(CN2CCCN(Cc3cccc(OCc4ccc5ccc6cccc7ccc4c5c67)c3)CCN(Cc3cccc(OCc4ccc5ccc6cccc7ccc4c5c67)c3)CCCN(Cc3cccc(OCc4ccc5ccc6cccc7ccc4c5c67)c3)CC2)cc(OCc2ccc3ccc4cccc5ccc2c3c45)c1. The number of nitrogens with zero attached hydrogens (tertiary/aromatic N) is 4. The molecule has 0 radical (unpaired) electrons. The minimum atomic E-state index is 0.483. The molecule has 8 nitrogen and oxygen atoms in total. The van der Waals surface area contributed by atoms with E-state index in [1.807, 2.05) is 0 Å². The van der Waals surface area contributed by atoms with E-state index in [0.717, 1.165) is 114 Å². The van der Waals surface area contributed by atoms with Crippen molar-refractivity contribution in [1.29, 1.82) is 0 Å². The van der Waals surface area contributed by atoms with Gasteiger partial charge in [0.2, 0.25) is 0 Å². The molecule has 556 valence electrons. The van der Waals surface area contributed by atoms with Crippen molar-refractivity contribution in [3.05, 3.63) is 360 Å². The van der Waals surface area contributed by atoms with Gasteiger partial charge in [-0.25, -0.2) is 0 Å². The average Bonchev–Trinajstić information content (AvgIpc) is 0.758. The van der Waals surface area contributed by atoms with Crippen LogP contribution in [-0.2, 0) is 52.6 Å². The Morgan fingerprint density at radius 1 is 0.184 bits per heavy atom. The van der Waals surface area contributed by atoms with Crippen LogP contribution in [0.2, 0.25) is 0 Å². The van der Waals surface area contributed by atoms with Gasteiger partial charge in [0.1, 0.15) is 49.4 Å². The number of benzene rings is 20. The lowest BCUT2D eigenvalue weighted by Gasteiger charge is -2.32. The molecule has 1 aliphatic heterocycles. The van der Waals surface area contributed by atoms with Crippen molar-refractivity contribution >= 4 is 129 Å². The lowest BCUT2D eigenvalue weighted by Crippen LogP contribution is -2.40. The maximum Gasteiger partial charge on any atom is 0.120 e. The van der Waals surface area contributed by atoms with Crippen LogP contribution in [0.1, 0.15) is 57.3 Å². The quantitative estimate of drug-likeness (QED) is 0.0700. The summed E-state index contributed by atoms with van der Waals surface area (Å²) in [6.07, 6.45) is 1.99. The molecule has 1 fully saturated rings. The summed E-state index contributed by atoms with van der Waals surface area (Å²) in [4.78, 5) is 10.8. The highest BCUT2D eigenvalue weighted by atomic mass is 16.5. The summed E-state index contributed by atoms with van der Waals surface area (Å²) < 4.78 is 27.3.